The first kappa shape index (κ1) is 31.6. The van der Waals surface area contributed by atoms with Crippen molar-refractivity contribution in [1.29, 1.82) is 0 Å². The maximum Gasteiger partial charge on any atom is 0.303 e. The van der Waals surface area contributed by atoms with Gasteiger partial charge in [0.1, 0.15) is 5.75 Å². The Balaban J connectivity index is 1.37. The highest BCUT2D eigenvalue weighted by Gasteiger charge is 2.66. The number of carboxylic acids is 1. The predicted octanol–water partition coefficient (Wildman–Crippen LogP) is 6.23. The number of allylic oxidation sites excluding steroid dienone is 4. The fourth-order valence-electron chi connectivity index (χ4n) is 9.45. The van der Waals surface area contributed by atoms with E-state index in [-0.39, 0.29) is 61.4 Å². The number of phenolic OH excluding ortho intramolecular Hbond substituents is 1. The van der Waals surface area contributed by atoms with Crippen LogP contribution >= 0.6 is 0 Å². The van der Waals surface area contributed by atoms with Gasteiger partial charge >= 0.3 is 5.97 Å². The summed E-state index contributed by atoms with van der Waals surface area (Å²) in [5.74, 6) is -5.47. The standard InChI is InChI=1S/C42H35NO7/c44-34-20-19-28(26-14-7-8-15-27(26)34)38-29-17-18-30-37(41(50)43(40(30)49)21-9-16-36(46)47)32(29)22-33-39(48)31(24-10-3-1-4-11-24)23-35(45)42(33,38)25-12-5-2-6-13-25/h1-8,10-15,17,19-20,23,30,32-33,37-38,44H,9,16,18,21-22H2,(H,46,47). The second-order valence-corrected chi connectivity index (χ2v) is 13.8. The van der Waals surface area contributed by atoms with Crippen molar-refractivity contribution in [3.63, 3.8) is 0 Å². The summed E-state index contributed by atoms with van der Waals surface area (Å²) in [6, 6.07) is 29.4. The van der Waals surface area contributed by atoms with Crippen molar-refractivity contribution in [1.82, 2.24) is 4.90 Å². The number of Topliss-reactive ketones (excluding diaryl/α,β-unsaturated/α-hetero) is 1. The van der Waals surface area contributed by atoms with E-state index in [2.05, 4.69) is 0 Å². The monoisotopic (exact) mass is 665 g/mol. The van der Waals surface area contributed by atoms with Crippen molar-refractivity contribution in [3.05, 3.63) is 131 Å². The largest absolute Gasteiger partial charge is 0.507 e. The Morgan fingerprint density at radius 1 is 0.800 bits per heavy atom. The van der Waals surface area contributed by atoms with Crippen LogP contribution in [-0.2, 0) is 29.4 Å². The molecular formula is C42H35NO7. The lowest BCUT2D eigenvalue weighted by Crippen LogP contribution is -2.58. The van der Waals surface area contributed by atoms with Gasteiger partial charge in [0.05, 0.1) is 17.3 Å². The molecule has 0 aromatic heterocycles. The molecule has 4 aromatic rings. The summed E-state index contributed by atoms with van der Waals surface area (Å²) in [6.45, 7) is 0.0146. The first-order valence-electron chi connectivity index (χ1n) is 17.1. The molecule has 250 valence electrons. The molecule has 1 aliphatic heterocycles. The lowest BCUT2D eigenvalue weighted by atomic mass is 9.44. The quantitative estimate of drug-likeness (QED) is 0.177. The van der Waals surface area contributed by atoms with Gasteiger partial charge in [0.15, 0.2) is 11.6 Å². The van der Waals surface area contributed by atoms with E-state index in [0.29, 0.717) is 22.1 Å². The number of nitrogens with zero attached hydrogens (tertiary/aromatic N) is 1. The van der Waals surface area contributed by atoms with Crippen LogP contribution in [0.5, 0.6) is 5.75 Å². The number of carboxylic acid groups (broad SMARTS) is 1. The molecule has 1 heterocycles. The Morgan fingerprint density at radius 2 is 1.48 bits per heavy atom. The molecule has 8 nitrogen and oxygen atoms in total. The van der Waals surface area contributed by atoms with Crippen molar-refractivity contribution in [3.8, 4) is 5.75 Å². The third-order valence-electron chi connectivity index (χ3n) is 11.5. The maximum absolute atomic E-state index is 15.2. The Bertz CT molecular complexity index is 2150. The van der Waals surface area contributed by atoms with Crippen molar-refractivity contribution < 1.29 is 34.2 Å². The summed E-state index contributed by atoms with van der Waals surface area (Å²) in [5.41, 5.74) is 1.88. The van der Waals surface area contributed by atoms with Crippen molar-refractivity contribution in [2.24, 2.45) is 23.7 Å². The van der Waals surface area contributed by atoms with E-state index in [0.717, 1.165) is 16.5 Å². The number of carbonyl (C=O) groups is 5. The van der Waals surface area contributed by atoms with Crippen LogP contribution in [0.2, 0.25) is 0 Å². The van der Waals surface area contributed by atoms with E-state index in [4.69, 9.17) is 0 Å². The molecule has 2 fully saturated rings. The van der Waals surface area contributed by atoms with Crippen LogP contribution in [0.1, 0.15) is 48.3 Å². The van der Waals surface area contributed by atoms with E-state index < -0.39 is 41.0 Å². The van der Waals surface area contributed by atoms with E-state index in [1.807, 2.05) is 97.1 Å². The van der Waals surface area contributed by atoms with Crippen LogP contribution in [0.3, 0.4) is 0 Å². The summed E-state index contributed by atoms with van der Waals surface area (Å²) < 4.78 is 0. The number of carbonyl (C=O) groups excluding carboxylic acids is 4. The van der Waals surface area contributed by atoms with E-state index in [1.54, 1.807) is 6.07 Å². The van der Waals surface area contributed by atoms with Gasteiger partial charge in [-0.05, 0) is 59.4 Å². The average Bonchev–Trinajstić information content (AvgIpc) is 3.38. The zero-order chi connectivity index (χ0) is 34.7. The summed E-state index contributed by atoms with van der Waals surface area (Å²) in [6.07, 6.45) is 3.97. The van der Waals surface area contributed by atoms with Crippen molar-refractivity contribution in [2.45, 2.75) is 37.0 Å². The summed E-state index contributed by atoms with van der Waals surface area (Å²) in [7, 11) is 0. The normalized spacial score (nSPS) is 27.4. The number of rotatable bonds is 7. The number of phenols is 1. The van der Waals surface area contributed by atoms with Crippen LogP contribution in [0.25, 0.3) is 16.3 Å². The number of amides is 2. The molecule has 6 unspecified atom stereocenters. The molecule has 1 saturated heterocycles. The first-order chi connectivity index (χ1) is 24.2. The molecule has 8 rings (SSSR count). The Kier molecular flexibility index (Phi) is 7.62. The van der Waals surface area contributed by atoms with E-state index in [9.17, 15) is 24.6 Å². The number of aliphatic carboxylic acids is 1. The number of hydrogen-bond donors (Lipinski definition) is 2. The summed E-state index contributed by atoms with van der Waals surface area (Å²) in [5, 5.41) is 21.5. The van der Waals surface area contributed by atoms with Gasteiger partial charge in [-0.3, -0.25) is 28.9 Å². The topological polar surface area (TPSA) is 129 Å². The third kappa shape index (κ3) is 4.61. The molecule has 2 N–H and O–H groups in total. The molecular weight excluding hydrogens is 630 g/mol. The SMILES string of the molecule is O=C(O)CCCN1C(=O)C2CC=C3C(CC4C(=O)C(c5ccccc5)=CC(=O)C4(c4ccccc4)C3c3ccc(O)c4ccccc34)C2C1=O. The molecule has 2 amide bonds. The Hall–Kier alpha value is -5.63. The minimum atomic E-state index is -1.38. The van der Waals surface area contributed by atoms with Gasteiger partial charge < -0.3 is 10.2 Å². The molecule has 8 heteroatoms. The molecule has 6 atom stereocenters. The molecule has 4 aromatic carbocycles. The molecule has 4 aliphatic rings. The Morgan fingerprint density at radius 3 is 2.20 bits per heavy atom. The fraction of sp³-hybridized carbons (Fsp3) is 0.262. The van der Waals surface area contributed by atoms with Crippen LogP contribution in [0.4, 0.5) is 0 Å². The van der Waals surface area contributed by atoms with Gasteiger partial charge in [0.2, 0.25) is 11.8 Å². The zero-order valence-corrected chi connectivity index (χ0v) is 27.2. The lowest BCUT2D eigenvalue weighted by molar-refractivity contribution is -0.142. The minimum absolute atomic E-state index is 0.0146. The number of aromatic hydroxyl groups is 1. The van der Waals surface area contributed by atoms with Gasteiger partial charge in [0, 0.05) is 35.8 Å². The highest BCUT2D eigenvalue weighted by atomic mass is 16.4. The number of ketones is 2. The van der Waals surface area contributed by atoms with Crippen molar-refractivity contribution >= 4 is 45.7 Å². The highest BCUT2D eigenvalue weighted by Crippen LogP contribution is 2.64. The van der Waals surface area contributed by atoms with Gasteiger partial charge in [-0.1, -0.05) is 103 Å². The van der Waals surface area contributed by atoms with Gasteiger partial charge in [-0.2, -0.15) is 0 Å². The molecule has 0 bridgehead atoms. The average molecular weight is 666 g/mol. The molecule has 0 radical (unpaired) electrons. The highest BCUT2D eigenvalue weighted by molar-refractivity contribution is 6.31. The van der Waals surface area contributed by atoms with Crippen LogP contribution in [0, 0.1) is 23.7 Å². The van der Waals surface area contributed by atoms with Gasteiger partial charge in [0.25, 0.3) is 0 Å². The molecule has 1 saturated carbocycles. The zero-order valence-electron chi connectivity index (χ0n) is 27.2. The first-order valence-corrected chi connectivity index (χ1v) is 17.1. The van der Waals surface area contributed by atoms with Crippen LogP contribution in [-0.4, -0.2) is 51.0 Å². The number of likely N-dealkylation sites (tertiary alicyclic amines) is 1. The van der Waals surface area contributed by atoms with Gasteiger partial charge in [-0.15, -0.1) is 0 Å². The molecule has 0 spiro atoms. The van der Waals surface area contributed by atoms with Crippen LogP contribution < -0.4 is 0 Å². The number of hydrogen-bond acceptors (Lipinski definition) is 6. The number of imide groups is 1. The van der Waals surface area contributed by atoms with E-state index in [1.165, 1.54) is 11.0 Å². The number of fused-ring (bicyclic) bond motifs is 5. The summed E-state index contributed by atoms with van der Waals surface area (Å²) in [4.78, 5) is 70.8. The fourth-order valence-corrected chi connectivity index (χ4v) is 9.45. The second-order valence-electron chi connectivity index (χ2n) is 13.8. The molecule has 3 aliphatic carbocycles. The predicted molar refractivity (Wildman–Crippen MR) is 186 cm³/mol. The molecule has 50 heavy (non-hydrogen) atoms. The second kappa shape index (κ2) is 12.1. The number of benzene rings is 4. The maximum atomic E-state index is 15.2. The van der Waals surface area contributed by atoms with Gasteiger partial charge in [-0.25, -0.2) is 0 Å². The Labute approximate surface area is 288 Å². The smallest absolute Gasteiger partial charge is 0.303 e. The van der Waals surface area contributed by atoms with Crippen LogP contribution in [0.15, 0.2) is 115 Å². The third-order valence-corrected chi connectivity index (χ3v) is 11.5. The summed E-state index contributed by atoms with van der Waals surface area (Å²) >= 11 is 0. The lowest BCUT2D eigenvalue weighted by Gasteiger charge is -2.55. The van der Waals surface area contributed by atoms with Crippen molar-refractivity contribution in [2.75, 3.05) is 6.54 Å². The minimum Gasteiger partial charge on any atom is -0.507 e. The van der Waals surface area contributed by atoms with E-state index >= 15 is 9.59 Å².